The average molecular weight is 423 g/mol. The van der Waals surface area contributed by atoms with Crippen molar-refractivity contribution < 1.29 is 18.7 Å². The van der Waals surface area contributed by atoms with E-state index in [2.05, 4.69) is 11.9 Å². The summed E-state index contributed by atoms with van der Waals surface area (Å²) in [5.74, 6) is 4.65. The van der Waals surface area contributed by atoms with Gasteiger partial charge in [0.05, 0.1) is 7.11 Å². The molecule has 0 saturated carbocycles. The van der Waals surface area contributed by atoms with E-state index in [4.69, 9.17) is 15.0 Å². The lowest BCUT2D eigenvalue weighted by Crippen LogP contribution is -2.44. The fourth-order valence-corrected chi connectivity index (χ4v) is 3.33. The summed E-state index contributed by atoms with van der Waals surface area (Å²) in [6, 6.07) is 7.73. The highest BCUT2D eigenvalue weighted by Gasteiger charge is 2.25. The van der Waals surface area contributed by atoms with Gasteiger partial charge in [-0.2, -0.15) is 0 Å². The lowest BCUT2D eigenvalue weighted by molar-refractivity contribution is 0.0613. The molecule has 8 heteroatoms. The lowest BCUT2D eigenvalue weighted by Gasteiger charge is -2.15. The summed E-state index contributed by atoms with van der Waals surface area (Å²) >= 11 is 0. The van der Waals surface area contributed by atoms with Gasteiger partial charge >= 0.3 is 5.63 Å². The molecule has 0 atom stereocenters. The Kier molecular flexibility index (Phi) is 7.15. The van der Waals surface area contributed by atoms with Crippen molar-refractivity contribution in [2.24, 2.45) is 5.84 Å². The normalized spacial score (nSPS) is 10.8. The van der Waals surface area contributed by atoms with E-state index < -0.39 is 17.4 Å². The number of carbonyl (C=O) groups is 2. The molecule has 0 fully saturated rings. The number of carbonyl (C=O) groups excluding carboxylic acids is 2. The van der Waals surface area contributed by atoms with Crippen molar-refractivity contribution in [3.05, 3.63) is 69.8 Å². The van der Waals surface area contributed by atoms with Crippen LogP contribution in [0.15, 0.2) is 51.9 Å². The zero-order valence-corrected chi connectivity index (χ0v) is 17.6. The molecule has 0 spiro atoms. The van der Waals surface area contributed by atoms with Crippen molar-refractivity contribution in [2.45, 2.75) is 39.0 Å². The Balaban J connectivity index is 1.93. The summed E-state index contributed by atoms with van der Waals surface area (Å²) in [6.45, 7) is 2.15. The third-order valence-electron chi connectivity index (χ3n) is 5.03. The number of imide groups is 1. The Morgan fingerprint density at radius 1 is 1.10 bits per heavy atom. The number of nitrogens with zero attached hydrogens (tertiary/aromatic N) is 2. The average Bonchev–Trinajstić information content (AvgIpc) is 2.80. The number of rotatable bonds is 8. The molecule has 2 aromatic heterocycles. The number of hydrogen-bond acceptors (Lipinski definition) is 7. The van der Waals surface area contributed by atoms with E-state index in [1.54, 1.807) is 13.2 Å². The molecule has 0 aliphatic rings. The monoisotopic (exact) mass is 423 g/mol. The van der Waals surface area contributed by atoms with Crippen LogP contribution in [0.5, 0.6) is 5.75 Å². The van der Waals surface area contributed by atoms with Gasteiger partial charge in [-0.3, -0.25) is 14.6 Å². The van der Waals surface area contributed by atoms with Gasteiger partial charge in [0, 0.05) is 29.4 Å². The van der Waals surface area contributed by atoms with E-state index in [1.807, 2.05) is 6.07 Å². The molecule has 0 aliphatic heterocycles. The van der Waals surface area contributed by atoms with Crippen LogP contribution in [0.1, 0.15) is 58.9 Å². The number of aromatic nitrogens is 1. The molecule has 1 aromatic carbocycles. The molecule has 31 heavy (non-hydrogen) atoms. The highest BCUT2D eigenvalue weighted by Crippen LogP contribution is 2.27. The van der Waals surface area contributed by atoms with E-state index in [-0.39, 0.29) is 11.1 Å². The highest BCUT2D eigenvalue weighted by atomic mass is 16.5. The third kappa shape index (κ3) is 4.97. The number of ether oxygens (including phenoxy) is 1. The van der Waals surface area contributed by atoms with E-state index in [9.17, 15) is 14.4 Å². The molecule has 2 N–H and O–H groups in total. The topological polar surface area (TPSA) is 116 Å². The molecule has 0 bridgehead atoms. The van der Waals surface area contributed by atoms with Crippen molar-refractivity contribution in [3.8, 4) is 5.75 Å². The minimum atomic E-state index is -0.947. The highest BCUT2D eigenvalue weighted by molar-refractivity contribution is 6.10. The second-order valence-corrected chi connectivity index (χ2v) is 7.18. The van der Waals surface area contributed by atoms with Gasteiger partial charge < -0.3 is 9.15 Å². The minimum absolute atomic E-state index is 0.176. The molecule has 0 radical (unpaired) electrons. The van der Waals surface area contributed by atoms with Gasteiger partial charge in [0.15, 0.2) is 0 Å². The Morgan fingerprint density at radius 2 is 1.84 bits per heavy atom. The maximum atomic E-state index is 12.8. The predicted molar refractivity (Wildman–Crippen MR) is 116 cm³/mol. The Morgan fingerprint density at radius 3 is 2.52 bits per heavy atom. The van der Waals surface area contributed by atoms with E-state index in [0.29, 0.717) is 21.7 Å². The number of hydrogen-bond donors (Lipinski definition) is 1. The van der Waals surface area contributed by atoms with Gasteiger partial charge in [-0.05, 0) is 42.7 Å². The number of methoxy groups -OCH3 is 1. The molecular weight excluding hydrogens is 398 g/mol. The number of amides is 2. The molecule has 0 saturated heterocycles. The van der Waals surface area contributed by atoms with Crippen molar-refractivity contribution in [2.75, 3.05) is 7.11 Å². The number of aryl methyl sites for hydroxylation is 1. The van der Waals surface area contributed by atoms with Gasteiger partial charge in [0.25, 0.3) is 11.8 Å². The van der Waals surface area contributed by atoms with Crippen LogP contribution in [0.3, 0.4) is 0 Å². The van der Waals surface area contributed by atoms with Crippen LogP contribution in [0.4, 0.5) is 0 Å². The Labute approximate surface area is 179 Å². The SMILES string of the molecule is CCCCCCc1cc2cc(C(=O)N(N)C(=O)c3ccncc3)c(=O)oc2cc1OC. The summed E-state index contributed by atoms with van der Waals surface area (Å²) in [6.07, 6.45) is 8.00. The number of pyridine rings is 1. The fraction of sp³-hybridized carbons (Fsp3) is 0.304. The standard InChI is InChI=1S/C23H25N3O5/c1-3-4-5-6-7-16-12-17-13-18(23(29)31-20(17)14-19(16)30-2)22(28)26(24)21(27)15-8-10-25-11-9-15/h8-14H,3-7,24H2,1-2H3. The molecule has 0 unspecified atom stereocenters. The second kappa shape index (κ2) is 9.99. The van der Waals surface area contributed by atoms with E-state index in [0.717, 1.165) is 37.7 Å². The van der Waals surface area contributed by atoms with Gasteiger partial charge in [0.2, 0.25) is 0 Å². The van der Waals surface area contributed by atoms with Crippen molar-refractivity contribution in [3.63, 3.8) is 0 Å². The first-order chi connectivity index (χ1) is 15.0. The quantitative estimate of drug-likeness (QED) is 0.147. The first-order valence-electron chi connectivity index (χ1n) is 10.1. The van der Waals surface area contributed by atoms with E-state index in [1.165, 1.54) is 30.6 Å². The van der Waals surface area contributed by atoms with Crippen LogP contribution in [0, 0.1) is 0 Å². The Hall–Kier alpha value is -3.52. The summed E-state index contributed by atoms with van der Waals surface area (Å²) in [4.78, 5) is 41.5. The molecule has 3 rings (SSSR count). The Bertz CT molecular complexity index is 1140. The van der Waals surface area contributed by atoms with E-state index >= 15 is 0 Å². The van der Waals surface area contributed by atoms with Crippen LogP contribution < -0.4 is 16.2 Å². The molecule has 0 aliphatic carbocycles. The summed E-state index contributed by atoms with van der Waals surface area (Å²) in [5.41, 5.74) is 0.221. The number of fused-ring (bicyclic) bond motifs is 1. The number of nitrogens with two attached hydrogens (primary N) is 1. The molecule has 3 aromatic rings. The van der Waals surface area contributed by atoms with Crippen LogP contribution in [-0.4, -0.2) is 28.9 Å². The maximum absolute atomic E-state index is 12.8. The van der Waals surface area contributed by atoms with Crippen molar-refractivity contribution in [1.82, 2.24) is 9.99 Å². The first kappa shape index (κ1) is 22.2. The van der Waals surface area contributed by atoms with Crippen molar-refractivity contribution >= 4 is 22.8 Å². The van der Waals surface area contributed by atoms with Crippen LogP contribution >= 0.6 is 0 Å². The van der Waals surface area contributed by atoms with Gasteiger partial charge in [-0.25, -0.2) is 15.6 Å². The zero-order chi connectivity index (χ0) is 22.4. The molecule has 162 valence electrons. The number of hydrazine groups is 1. The maximum Gasteiger partial charge on any atom is 0.349 e. The minimum Gasteiger partial charge on any atom is -0.496 e. The third-order valence-corrected chi connectivity index (χ3v) is 5.03. The summed E-state index contributed by atoms with van der Waals surface area (Å²) in [7, 11) is 1.56. The molecule has 2 heterocycles. The summed E-state index contributed by atoms with van der Waals surface area (Å²) < 4.78 is 10.8. The predicted octanol–water partition coefficient (Wildman–Crippen LogP) is 3.48. The molecular formula is C23H25N3O5. The van der Waals surface area contributed by atoms with Crippen LogP contribution in [0.2, 0.25) is 0 Å². The van der Waals surface area contributed by atoms with Gasteiger partial charge in [0.1, 0.15) is 16.9 Å². The van der Waals surface area contributed by atoms with Crippen molar-refractivity contribution in [1.29, 1.82) is 0 Å². The number of unbranched alkanes of at least 4 members (excludes halogenated alkanes) is 3. The molecule has 8 nitrogen and oxygen atoms in total. The fourth-order valence-electron chi connectivity index (χ4n) is 3.33. The van der Waals surface area contributed by atoms with Gasteiger partial charge in [-0.1, -0.05) is 26.2 Å². The molecule has 2 amide bonds. The smallest absolute Gasteiger partial charge is 0.349 e. The zero-order valence-electron chi connectivity index (χ0n) is 17.6. The van der Waals surface area contributed by atoms with Crippen LogP contribution in [-0.2, 0) is 6.42 Å². The lowest BCUT2D eigenvalue weighted by atomic mass is 10.0. The first-order valence-corrected chi connectivity index (χ1v) is 10.1. The van der Waals surface area contributed by atoms with Crippen LogP contribution in [0.25, 0.3) is 11.0 Å². The summed E-state index contributed by atoms with van der Waals surface area (Å²) in [5, 5.41) is 0.960. The second-order valence-electron chi connectivity index (χ2n) is 7.18. The van der Waals surface area contributed by atoms with Gasteiger partial charge in [-0.15, -0.1) is 0 Å². The largest absolute Gasteiger partial charge is 0.496 e. The number of benzene rings is 1.